The van der Waals surface area contributed by atoms with Crippen LogP contribution in [0.25, 0.3) is 0 Å². The van der Waals surface area contributed by atoms with Crippen LogP contribution in [0.4, 0.5) is 0 Å². The normalized spacial score (nSPS) is 12.5. The van der Waals surface area contributed by atoms with Gasteiger partial charge in [-0.25, -0.2) is 20.3 Å². The average Bonchev–Trinajstić information content (AvgIpc) is 2.63. The van der Waals surface area contributed by atoms with Gasteiger partial charge in [-0.2, -0.15) is 23.5 Å². The Hall–Kier alpha value is -0.0257. The van der Waals surface area contributed by atoms with Crippen LogP contribution in [0.5, 0.6) is 0 Å². The number of allylic oxidation sites excluding steroid dienone is 4. The molecule has 0 aliphatic heterocycles. The molecule has 0 bridgehead atoms. The maximum Gasteiger partial charge on any atom is 2.00 e. The van der Waals surface area contributed by atoms with E-state index in [4.69, 9.17) is 0 Å². The molecule has 0 aromatic carbocycles. The van der Waals surface area contributed by atoms with E-state index < -0.39 is 0 Å². The first-order valence-electron chi connectivity index (χ1n) is 4.06. The minimum atomic E-state index is 0. The van der Waals surface area contributed by atoms with Gasteiger partial charge in [0.15, 0.2) is 0 Å². The van der Waals surface area contributed by atoms with Crippen LogP contribution in [0.3, 0.4) is 0 Å². The van der Waals surface area contributed by atoms with E-state index in [0.717, 1.165) is 6.42 Å². The number of hydrogen-bond acceptors (Lipinski definition) is 0. The number of hydrogen-bond donors (Lipinski definition) is 0. The molecule has 0 N–H and O–H groups in total. The van der Waals surface area contributed by atoms with Gasteiger partial charge in [0.1, 0.15) is 0 Å². The second kappa shape index (κ2) is 7.38. The van der Waals surface area contributed by atoms with Gasteiger partial charge in [0.05, 0.1) is 0 Å². The Bertz CT molecular complexity index is 258. The Balaban J connectivity index is 0.000000215. The molecule has 1 aromatic rings. The zero-order chi connectivity index (χ0) is 8.81. The predicted molar refractivity (Wildman–Crippen MR) is 55.6 cm³/mol. The van der Waals surface area contributed by atoms with E-state index in [1.54, 1.807) is 0 Å². The van der Waals surface area contributed by atoms with E-state index in [9.17, 15) is 0 Å². The Morgan fingerprint density at radius 3 is 2.46 bits per heavy atom. The molecule has 66 valence electrons. The molecule has 0 saturated heterocycles. The molecule has 0 spiro atoms. The molecule has 13 heavy (non-hydrogen) atoms. The molecule has 0 unspecified atom stereocenters. The van der Waals surface area contributed by atoms with Crippen molar-refractivity contribution in [3.63, 3.8) is 0 Å². The summed E-state index contributed by atoms with van der Waals surface area (Å²) in [7, 11) is 1.38. The summed E-state index contributed by atoms with van der Waals surface area (Å²) in [5.74, 6) is 2.22. The predicted octanol–water partition coefficient (Wildman–Crippen LogP) is 3.91. The largest absolute Gasteiger partial charge is 2.00 e. The van der Waals surface area contributed by atoms with E-state index in [1.807, 2.05) is 12.2 Å². The van der Waals surface area contributed by atoms with E-state index >= 15 is 0 Å². The smallest absolute Gasteiger partial charge is 0.273 e. The first kappa shape index (κ1) is 13.0. The molecular formula is C11H13PTi. The number of aryl methyl sites for hydroxylation is 2. The van der Waals surface area contributed by atoms with Crippen molar-refractivity contribution in [2.24, 2.45) is 0 Å². The SMILES string of the molecule is Cc1cp[c-](C)c1.[C-]1=CC=CC1.[Ti+2]. The fourth-order valence-electron chi connectivity index (χ4n) is 0.948. The summed E-state index contributed by atoms with van der Waals surface area (Å²) >= 11 is 0. The van der Waals surface area contributed by atoms with Crippen molar-refractivity contribution in [2.45, 2.75) is 20.3 Å². The van der Waals surface area contributed by atoms with Crippen molar-refractivity contribution in [1.29, 1.82) is 0 Å². The van der Waals surface area contributed by atoms with Crippen LogP contribution in [0.1, 0.15) is 17.3 Å². The topological polar surface area (TPSA) is 0 Å². The van der Waals surface area contributed by atoms with Gasteiger partial charge in [-0.1, -0.05) is 13.8 Å². The summed E-state index contributed by atoms with van der Waals surface area (Å²) in [4.78, 5) is 0. The molecular weight excluding hydrogens is 211 g/mol. The number of rotatable bonds is 0. The van der Waals surface area contributed by atoms with Gasteiger partial charge in [-0.3, -0.25) is 6.08 Å². The molecule has 2 heteroatoms. The van der Waals surface area contributed by atoms with Gasteiger partial charge < -0.3 is 0 Å². The van der Waals surface area contributed by atoms with Gasteiger partial charge in [0, 0.05) is 0 Å². The zero-order valence-corrected chi connectivity index (χ0v) is 10.5. The van der Waals surface area contributed by atoms with Gasteiger partial charge >= 0.3 is 21.7 Å². The quantitative estimate of drug-likeness (QED) is 0.463. The first-order chi connectivity index (χ1) is 5.79. The molecule has 1 heterocycles. The fraction of sp³-hybridized carbons (Fsp3) is 0.273. The molecule has 2 rings (SSSR count). The first-order valence-corrected chi connectivity index (χ1v) is 5.03. The molecule has 0 atom stereocenters. The van der Waals surface area contributed by atoms with Gasteiger partial charge in [-0.15, -0.1) is 11.7 Å². The van der Waals surface area contributed by atoms with Gasteiger partial charge in [0.25, 0.3) is 0 Å². The van der Waals surface area contributed by atoms with Crippen molar-refractivity contribution in [3.05, 3.63) is 47.0 Å². The summed E-state index contributed by atoms with van der Waals surface area (Å²) in [6, 6.07) is 2.21. The third-order valence-electron chi connectivity index (χ3n) is 1.49. The van der Waals surface area contributed by atoms with Crippen molar-refractivity contribution >= 4 is 8.19 Å². The molecule has 0 fully saturated rings. The maximum absolute atomic E-state index is 2.99. The maximum atomic E-state index is 2.99. The van der Waals surface area contributed by atoms with Crippen LogP contribution in [-0.4, -0.2) is 0 Å². The summed E-state index contributed by atoms with van der Waals surface area (Å²) < 4.78 is 0. The van der Waals surface area contributed by atoms with Crippen LogP contribution in [-0.2, 0) is 21.7 Å². The molecule has 0 radical (unpaired) electrons. The second-order valence-corrected chi connectivity index (χ2v) is 4.01. The molecule has 1 aliphatic rings. The molecule has 1 aliphatic carbocycles. The molecule has 1 aromatic heterocycles. The Labute approximate surface area is 97.1 Å². The molecule has 0 amide bonds. The average molecular weight is 224 g/mol. The third kappa shape index (κ3) is 6.10. The molecule has 0 saturated carbocycles. The third-order valence-corrected chi connectivity index (χ3v) is 2.57. The van der Waals surface area contributed by atoms with Gasteiger partial charge in [-0.05, 0) is 0 Å². The van der Waals surface area contributed by atoms with Gasteiger partial charge in [0.2, 0.25) is 0 Å². The Morgan fingerprint density at radius 2 is 2.31 bits per heavy atom. The van der Waals surface area contributed by atoms with Crippen molar-refractivity contribution in [2.75, 3.05) is 0 Å². The van der Waals surface area contributed by atoms with Crippen LogP contribution in [0, 0.1) is 19.9 Å². The Morgan fingerprint density at radius 1 is 1.54 bits per heavy atom. The van der Waals surface area contributed by atoms with E-state index in [2.05, 4.69) is 37.9 Å². The summed E-state index contributed by atoms with van der Waals surface area (Å²) in [5.41, 5.74) is 1.40. The fourth-order valence-corrected chi connectivity index (χ4v) is 1.71. The standard InChI is InChI=1S/C6H8P.C5H5.Ti/c1-5-3-6(2)7-4-5;1-2-4-5-3-1;/h3-4H,1-2H3;1-3H,4H2;/q2*-1;+2. The van der Waals surface area contributed by atoms with E-state index in [-0.39, 0.29) is 21.7 Å². The van der Waals surface area contributed by atoms with Crippen LogP contribution in [0.2, 0.25) is 0 Å². The van der Waals surface area contributed by atoms with E-state index in [0.29, 0.717) is 0 Å². The molecule has 0 nitrogen and oxygen atoms in total. The van der Waals surface area contributed by atoms with Crippen LogP contribution < -0.4 is 0 Å². The monoisotopic (exact) mass is 224 g/mol. The summed E-state index contributed by atoms with van der Waals surface area (Å²) in [6.45, 7) is 4.28. The summed E-state index contributed by atoms with van der Waals surface area (Å²) in [6.07, 6.45) is 10.0. The zero-order valence-electron chi connectivity index (χ0n) is 8.04. The van der Waals surface area contributed by atoms with Crippen LogP contribution >= 0.6 is 8.19 Å². The summed E-state index contributed by atoms with van der Waals surface area (Å²) in [5, 5.41) is 1.46. The second-order valence-electron chi connectivity index (χ2n) is 2.79. The van der Waals surface area contributed by atoms with Crippen molar-refractivity contribution in [3.8, 4) is 0 Å². The van der Waals surface area contributed by atoms with Crippen LogP contribution in [0.15, 0.2) is 30.1 Å². The minimum Gasteiger partial charge on any atom is -0.273 e. The Kier molecular flexibility index (Phi) is 7.37. The van der Waals surface area contributed by atoms with Crippen molar-refractivity contribution in [1.82, 2.24) is 0 Å². The van der Waals surface area contributed by atoms with E-state index in [1.165, 1.54) is 19.1 Å². The minimum absolute atomic E-state index is 0. The van der Waals surface area contributed by atoms with Crippen molar-refractivity contribution < 1.29 is 21.7 Å².